The van der Waals surface area contributed by atoms with E-state index >= 15 is 0 Å². The number of amides is 1. The number of aryl methyl sites for hydroxylation is 1. The molecule has 0 bridgehead atoms. The fourth-order valence-corrected chi connectivity index (χ4v) is 5.08. The second kappa shape index (κ2) is 8.78. The van der Waals surface area contributed by atoms with E-state index < -0.39 is 0 Å². The maximum absolute atomic E-state index is 13.4. The van der Waals surface area contributed by atoms with E-state index in [4.69, 9.17) is 14.2 Å². The highest BCUT2D eigenvalue weighted by Gasteiger charge is 2.33. The van der Waals surface area contributed by atoms with Gasteiger partial charge in [-0.05, 0) is 61.7 Å². The summed E-state index contributed by atoms with van der Waals surface area (Å²) in [5.74, 6) is 1.73. The standard InChI is InChI=1S/C24H23FN2O4S/c1-15-23(32-22(26-15)14-31-18-7-5-17(25)6-8-18)24(28)27-10-2-3-19(27)16-4-9-20-21(13-16)30-12-11-29-20/h4-9,13,19H,2-3,10-12,14H2,1H3/t19-/m0/s1. The first kappa shape index (κ1) is 20.8. The Balaban J connectivity index is 1.31. The molecule has 3 heterocycles. The number of halogens is 1. The Morgan fingerprint density at radius 1 is 1.19 bits per heavy atom. The number of hydrogen-bond acceptors (Lipinski definition) is 6. The van der Waals surface area contributed by atoms with Crippen LogP contribution in [0.1, 0.15) is 44.8 Å². The molecule has 2 aromatic carbocycles. The molecule has 2 aliphatic rings. The molecule has 1 aromatic heterocycles. The van der Waals surface area contributed by atoms with Crippen molar-refractivity contribution in [3.8, 4) is 17.2 Å². The van der Waals surface area contributed by atoms with Crippen LogP contribution in [0.3, 0.4) is 0 Å². The minimum atomic E-state index is -0.312. The number of thiazole rings is 1. The normalized spacial score (nSPS) is 17.4. The lowest BCUT2D eigenvalue weighted by Gasteiger charge is -2.26. The molecule has 0 aliphatic carbocycles. The number of nitrogens with zero attached hydrogens (tertiary/aromatic N) is 2. The Kier molecular flexibility index (Phi) is 5.70. The van der Waals surface area contributed by atoms with E-state index in [9.17, 15) is 9.18 Å². The quantitative estimate of drug-likeness (QED) is 0.548. The average Bonchev–Trinajstić information content (AvgIpc) is 3.45. The number of fused-ring (bicyclic) bond motifs is 1. The van der Waals surface area contributed by atoms with Gasteiger partial charge in [0.05, 0.1) is 11.7 Å². The van der Waals surface area contributed by atoms with Crippen molar-refractivity contribution >= 4 is 17.2 Å². The molecule has 1 amide bonds. The summed E-state index contributed by atoms with van der Waals surface area (Å²) < 4.78 is 30.1. The smallest absolute Gasteiger partial charge is 0.266 e. The molecular formula is C24H23FN2O4S. The van der Waals surface area contributed by atoms with Gasteiger partial charge in [-0.3, -0.25) is 4.79 Å². The molecule has 2 aliphatic heterocycles. The first-order chi connectivity index (χ1) is 15.6. The van der Waals surface area contributed by atoms with Crippen molar-refractivity contribution in [2.75, 3.05) is 19.8 Å². The molecule has 1 atom stereocenters. The third-order valence-corrected chi connectivity index (χ3v) is 6.79. The van der Waals surface area contributed by atoms with Gasteiger partial charge in [0.25, 0.3) is 5.91 Å². The van der Waals surface area contributed by atoms with E-state index in [1.54, 1.807) is 12.1 Å². The summed E-state index contributed by atoms with van der Waals surface area (Å²) in [6, 6.07) is 11.8. The highest BCUT2D eigenvalue weighted by molar-refractivity contribution is 7.13. The molecule has 0 radical (unpaired) electrons. The van der Waals surface area contributed by atoms with Crippen LogP contribution in [0, 0.1) is 12.7 Å². The molecule has 0 saturated carbocycles. The third kappa shape index (κ3) is 4.14. The molecule has 6 nitrogen and oxygen atoms in total. The molecule has 0 unspecified atom stereocenters. The number of benzene rings is 2. The molecule has 0 spiro atoms. The SMILES string of the molecule is Cc1nc(COc2ccc(F)cc2)sc1C(=O)N1CCC[C@H]1c1ccc2c(c1)OCCO2. The number of aromatic nitrogens is 1. The van der Waals surface area contributed by atoms with Gasteiger partial charge in [0.1, 0.15) is 41.3 Å². The maximum atomic E-state index is 13.4. The molecule has 32 heavy (non-hydrogen) atoms. The molecule has 1 fully saturated rings. The Hall–Kier alpha value is -3.13. The van der Waals surface area contributed by atoms with Crippen LogP contribution in [0.2, 0.25) is 0 Å². The Bertz CT molecular complexity index is 1130. The number of rotatable bonds is 5. The molecule has 0 N–H and O–H groups in total. The fourth-order valence-electron chi connectivity index (χ4n) is 4.14. The van der Waals surface area contributed by atoms with Crippen LogP contribution in [-0.4, -0.2) is 35.5 Å². The zero-order valence-electron chi connectivity index (χ0n) is 17.7. The summed E-state index contributed by atoms with van der Waals surface area (Å²) >= 11 is 1.35. The Labute approximate surface area is 189 Å². The highest BCUT2D eigenvalue weighted by atomic mass is 32.1. The van der Waals surface area contributed by atoms with E-state index in [-0.39, 0.29) is 24.4 Å². The minimum absolute atomic E-state index is 0.00117. The van der Waals surface area contributed by atoms with Gasteiger partial charge in [-0.2, -0.15) is 0 Å². The van der Waals surface area contributed by atoms with Crippen LogP contribution in [0.4, 0.5) is 4.39 Å². The molecule has 5 rings (SSSR count). The van der Waals surface area contributed by atoms with Crippen molar-refractivity contribution in [3.63, 3.8) is 0 Å². The molecule has 166 valence electrons. The number of carbonyl (C=O) groups excluding carboxylic acids is 1. The van der Waals surface area contributed by atoms with Crippen LogP contribution < -0.4 is 14.2 Å². The van der Waals surface area contributed by atoms with Crippen LogP contribution in [-0.2, 0) is 6.61 Å². The first-order valence-electron chi connectivity index (χ1n) is 10.6. The van der Waals surface area contributed by atoms with Gasteiger partial charge in [-0.25, -0.2) is 9.37 Å². The topological polar surface area (TPSA) is 60.9 Å². The monoisotopic (exact) mass is 454 g/mol. The van der Waals surface area contributed by atoms with E-state index in [0.717, 1.165) is 29.9 Å². The van der Waals surface area contributed by atoms with E-state index in [1.165, 1.54) is 23.5 Å². The molecular weight excluding hydrogens is 431 g/mol. The predicted octanol–water partition coefficient (Wildman–Crippen LogP) is 4.92. The number of ether oxygens (including phenoxy) is 3. The molecule has 1 saturated heterocycles. The summed E-state index contributed by atoms with van der Waals surface area (Å²) in [5.41, 5.74) is 1.76. The zero-order chi connectivity index (χ0) is 22.1. The summed E-state index contributed by atoms with van der Waals surface area (Å²) in [5, 5.41) is 0.713. The Morgan fingerprint density at radius 3 is 2.78 bits per heavy atom. The van der Waals surface area contributed by atoms with Crippen molar-refractivity contribution < 1.29 is 23.4 Å². The second-order valence-corrected chi connectivity index (χ2v) is 8.91. The van der Waals surface area contributed by atoms with Gasteiger partial charge in [-0.15, -0.1) is 11.3 Å². The van der Waals surface area contributed by atoms with Gasteiger partial charge in [0.15, 0.2) is 11.5 Å². The fraction of sp³-hybridized carbons (Fsp3) is 0.333. The minimum Gasteiger partial charge on any atom is -0.486 e. The van der Waals surface area contributed by atoms with E-state index in [2.05, 4.69) is 4.98 Å². The molecule has 3 aromatic rings. The largest absolute Gasteiger partial charge is 0.486 e. The predicted molar refractivity (Wildman–Crippen MR) is 118 cm³/mol. The average molecular weight is 455 g/mol. The third-order valence-electron chi connectivity index (χ3n) is 5.68. The summed E-state index contributed by atoms with van der Waals surface area (Å²) in [6.45, 7) is 3.87. The van der Waals surface area contributed by atoms with E-state index in [0.29, 0.717) is 41.1 Å². The lowest BCUT2D eigenvalue weighted by Crippen LogP contribution is -2.30. The van der Waals surface area contributed by atoms with Crippen LogP contribution in [0.5, 0.6) is 17.2 Å². The first-order valence-corrected chi connectivity index (χ1v) is 11.5. The summed E-state index contributed by atoms with van der Waals surface area (Å²) in [6.07, 6.45) is 1.85. The second-order valence-electron chi connectivity index (χ2n) is 7.82. The Morgan fingerprint density at radius 2 is 1.97 bits per heavy atom. The molecule has 8 heteroatoms. The number of carbonyl (C=O) groups is 1. The van der Waals surface area contributed by atoms with Crippen molar-refractivity contribution in [3.05, 3.63) is 69.4 Å². The van der Waals surface area contributed by atoms with Crippen molar-refractivity contribution in [2.24, 2.45) is 0 Å². The van der Waals surface area contributed by atoms with Gasteiger partial charge in [0, 0.05) is 6.54 Å². The maximum Gasteiger partial charge on any atom is 0.266 e. The summed E-state index contributed by atoms with van der Waals surface area (Å²) in [7, 11) is 0. The van der Waals surface area contributed by atoms with Gasteiger partial charge < -0.3 is 19.1 Å². The van der Waals surface area contributed by atoms with E-state index in [1.807, 2.05) is 30.0 Å². The zero-order valence-corrected chi connectivity index (χ0v) is 18.5. The number of hydrogen-bond donors (Lipinski definition) is 0. The van der Waals surface area contributed by atoms with Crippen LogP contribution >= 0.6 is 11.3 Å². The van der Waals surface area contributed by atoms with Crippen LogP contribution in [0.25, 0.3) is 0 Å². The van der Waals surface area contributed by atoms with Crippen molar-refractivity contribution in [1.82, 2.24) is 9.88 Å². The lowest BCUT2D eigenvalue weighted by atomic mass is 10.0. The van der Waals surface area contributed by atoms with Crippen LogP contribution in [0.15, 0.2) is 42.5 Å². The van der Waals surface area contributed by atoms with Crippen molar-refractivity contribution in [1.29, 1.82) is 0 Å². The van der Waals surface area contributed by atoms with Gasteiger partial charge >= 0.3 is 0 Å². The summed E-state index contributed by atoms with van der Waals surface area (Å²) in [4.78, 5) is 20.5. The van der Waals surface area contributed by atoms with Gasteiger partial charge in [0.2, 0.25) is 0 Å². The highest BCUT2D eigenvalue weighted by Crippen LogP contribution is 2.39. The van der Waals surface area contributed by atoms with Crippen molar-refractivity contribution in [2.45, 2.75) is 32.4 Å². The number of likely N-dealkylation sites (tertiary alicyclic amines) is 1. The van der Waals surface area contributed by atoms with Gasteiger partial charge in [-0.1, -0.05) is 6.07 Å². The lowest BCUT2D eigenvalue weighted by molar-refractivity contribution is 0.0739.